The molecule has 0 aliphatic rings. The van der Waals surface area contributed by atoms with E-state index in [1.54, 1.807) is 6.07 Å². The number of benzene rings is 2. The van der Waals surface area contributed by atoms with Crippen LogP contribution in [0.25, 0.3) is 0 Å². The molecule has 0 saturated heterocycles. The van der Waals surface area contributed by atoms with Crippen LogP contribution in [-0.2, 0) is 11.2 Å². The summed E-state index contributed by atoms with van der Waals surface area (Å²) in [7, 11) is 1.41. The second-order valence-corrected chi connectivity index (χ2v) is 6.00. The van der Waals surface area contributed by atoms with Crippen molar-refractivity contribution in [2.24, 2.45) is 0 Å². The number of methoxy groups -OCH3 is 1. The highest BCUT2D eigenvalue weighted by Gasteiger charge is 2.17. The minimum absolute atomic E-state index is 0.0888. The summed E-state index contributed by atoms with van der Waals surface area (Å²) >= 11 is 3.39. The van der Waals surface area contributed by atoms with E-state index in [4.69, 9.17) is 9.47 Å². The van der Waals surface area contributed by atoms with Gasteiger partial charge in [0, 0.05) is 4.47 Å². The number of anilines is 1. The van der Waals surface area contributed by atoms with Crippen LogP contribution in [0.2, 0.25) is 0 Å². The Hall–Kier alpha value is -2.61. The Morgan fingerprint density at radius 2 is 2.04 bits per heavy atom. The minimum atomic E-state index is -0.580. The molecule has 7 nitrogen and oxygen atoms in total. The Morgan fingerprint density at radius 3 is 2.68 bits per heavy atom. The molecular formula is C17H17BrN2O5. The molecule has 0 atom stereocenters. The zero-order valence-electron chi connectivity index (χ0n) is 13.7. The van der Waals surface area contributed by atoms with Crippen LogP contribution in [0.5, 0.6) is 11.5 Å². The Kier molecular flexibility index (Phi) is 6.35. The van der Waals surface area contributed by atoms with Crippen LogP contribution in [0.4, 0.5) is 11.4 Å². The molecule has 0 aliphatic carbocycles. The Labute approximate surface area is 153 Å². The van der Waals surface area contributed by atoms with Gasteiger partial charge in [0.05, 0.1) is 18.1 Å². The summed E-state index contributed by atoms with van der Waals surface area (Å²) < 4.78 is 11.4. The van der Waals surface area contributed by atoms with Crippen LogP contribution >= 0.6 is 15.9 Å². The van der Waals surface area contributed by atoms with Crippen molar-refractivity contribution in [3.05, 3.63) is 56.5 Å². The third-order valence-corrected chi connectivity index (χ3v) is 3.93. The SMILES string of the molecule is CCc1cc(Br)ccc1OCC(=O)Nc1ccc(OC)cc1[N+](=O)[O-]. The van der Waals surface area contributed by atoms with E-state index in [1.165, 1.54) is 25.3 Å². The molecule has 0 bridgehead atoms. The molecular weight excluding hydrogens is 392 g/mol. The first-order valence-electron chi connectivity index (χ1n) is 7.48. The maximum Gasteiger partial charge on any atom is 0.296 e. The Morgan fingerprint density at radius 1 is 1.28 bits per heavy atom. The summed E-state index contributed by atoms with van der Waals surface area (Å²) in [5.41, 5.74) is 0.800. The number of amides is 1. The number of nitrogens with zero attached hydrogens (tertiary/aromatic N) is 1. The molecule has 25 heavy (non-hydrogen) atoms. The van der Waals surface area contributed by atoms with Crippen molar-refractivity contribution in [2.75, 3.05) is 19.0 Å². The van der Waals surface area contributed by atoms with Crippen LogP contribution in [0.3, 0.4) is 0 Å². The predicted octanol–water partition coefficient (Wildman–Crippen LogP) is 3.95. The average molecular weight is 409 g/mol. The summed E-state index contributed by atoms with van der Waals surface area (Å²) in [6.45, 7) is 1.73. The van der Waals surface area contributed by atoms with Gasteiger partial charge in [-0.2, -0.15) is 0 Å². The normalized spacial score (nSPS) is 10.2. The number of hydrogen-bond donors (Lipinski definition) is 1. The van der Waals surface area contributed by atoms with Crippen molar-refractivity contribution < 1.29 is 19.2 Å². The third kappa shape index (κ3) is 4.93. The van der Waals surface area contributed by atoms with Gasteiger partial charge in [-0.3, -0.25) is 14.9 Å². The fourth-order valence-corrected chi connectivity index (χ4v) is 2.60. The first kappa shape index (κ1) is 18.7. The van der Waals surface area contributed by atoms with E-state index in [1.807, 2.05) is 19.1 Å². The number of hydrogen-bond acceptors (Lipinski definition) is 5. The highest BCUT2D eigenvalue weighted by Crippen LogP contribution is 2.29. The molecule has 0 saturated carbocycles. The topological polar surface area (TPSA) is 90.7 Å². The van der Waals surface area contributed by atoms with Crippen LogP contribution in [-0.4, -0.2) is 24.5 Å². The lowest BCUT2D eigenvalue weighted by molar-refractivity contribution is -0.384. The molecule has 1 amide bonds. The van der Waals surface area contributed by atoms with Gasteiger partial charge in [0.2, 0.25) is 0 Å². The molecule has 2 aromatic rings. The van der Waals surface area contributed by atoms with Gasteiger partial charge in [0.25, 0.3) is 11.6 Å². The molecule has 1 N–H and O–H groups in total. The lowest BCUT2D eigenvalue weighted by Gasteiger charge is -2.11. The predicted molar refractivity (Wildman–Crippen MR) is 97.3 cm³/mol. The Balaban J connectivity index is 2.07. The lowest BCUT2D eigenvalue weighted by Crippen LogP contribution is -2.21. The number of nitro benzene ring substituents is 1. The quantitative estimate of drug-likeness (QED) is 0.553. The molecule has 8 heteroatoms. The number of nitrogens with one attached hydrogen (secondary N) is 1. The van der Waals surface area contributed by atoms with Crippen molar-refractivity contribution in [1.29, 1.82) is 0 Å². The molecule has 2 aromatic carbocycles. The average Bonchev–Trinajstić information content (AvgIpc) is 2.60. The monoisotopic (exact) mass is 408 g/mol. The highest BCUT2D eigenvalue weighted by molar-refractivity contribution is 9.10. The molecule has 0 heterocycles. The van der Waals surface area contributed by atoms with Gasteiger partial charge >= 0.3 is 0 Å². The zero-order valence-corrected chi connectivity index (χ0v) is 15.3. The van der Waals surface area contributed by atoms with E-state index in [2.05, 4.69) is 21.2 Å². The van der Waals surface area contributed by atoms with Gasteiger partial charge in [0.1, 0.15) is 17.2 Å². The molecule has 0 radical (unpaired) electrons. The molecule has 0 aliphatic heterocycles. The summed E-state index contributed by atoms with van der Waals surface area (Å²) in [4.78, 5) is 22.6. The van der Waals surface area contributed by atoms with Crippen LogP contribution < -0.4 is 14.8 Å². The fourth-order valence-electron chi connectivity index (χ4n) is 2.19. The number of aryl methyl sites for hydroxylation is 1. The van der Waals surface area contributed by atoms with Crippen molar-refractivity contribution in [2.45, 2.75) is 13.3 Å². The standard InChI is InChI=1S/C17H17BrN2O5/c1-3-11-8-12(18)4-7-16(11)25-10-17(21)19-14-6-5-13(24-2)9-15(14)20(22)23/h4-9H,3,10H2,1-2H3,(H,19,21). The smallest absolute Gasteiger partial charge is 0.296 e. The van der Waals surface area contributed by atoms with Gasteiger partial charge in [-0.25, -0.2) is 0 Å². The molecule has 0 unspecified atom stereocenters. The summed E-state index contributed by atoms with van der Waals surface area (Å²) in [5.74, 6) is 0.451. The molecule has 0 spiro atoms. The van der Waals surface area contributed by atoms with Crippen LogP contribution in [0.1, 0.15) is 12.5 Å². The van der Waals surface area contributed by atoms with Gasteiger partial charge in [-0.05, 0) is 42.3 Å². The van der Waals surface area contributed by atoms with Crippen molar-refractivity contribution in [3.8, 4) is 11.5 Å². The largest absolute Gasteiger partial charge is 0.496 e. The van der Waals surface area contributed by atoms with Gasteiger partial charge in [-0.1, -0.05) is 22.9 Å². The fraction of sp³-hybridized carbons (Fsp3) is 0.235. The van der Waals surface area contributed by atoms with E-state index in [-0.39, 0.29) is 18.0 Å². The van der Waals surface area contributed by atoms with E-state index >= 15 is 0 Å². The number of rotatable bonds is 7. The van der Waals surface area contributed by atoms with E-state index in [0.29, 0.717) is 11.5 Å². The summed E-state index contributed by atoms with van der Waals surface area (Å²) in [6, 6.07) is 9.72. The Bertz CT molecular complexity index is 795. The van der Waals surface area contributed by atoms with Crippen molar-refractivity contribution in [3.63, 3.8) is 0 Å². The minimum Gasteiger partial charge on any atom is -0.496 e. The van der Waals surface area contributed by atoms with E-state index in [0.717, 1.165) is 16.5 Å². The molecule has 0 fully saturated rings. The van der Waals surface area contributed by atoms with Gasteiger partial charge in [0.15, 0.2) is 6.61 Å². The summed E-state index contributed by atoms with van der Waals surface area (Å²) in [5, 5.41) is 13.6. The van der Waals surface area contributed by atoms with Gasteiger partial charge in [-0.15, -0.1) is 0 Å². The second kappa shape index (κ2) is 8.48. The number of ether oxygens (including phenoxy) is 2. The lowest BCUT2D eigenvalue weighted by atomic mass is 10.1. The second-order valence-electron chi connectivity index (χ2n) is 5.08. The number of carbonyl (C=O) groups excluding carboxylic acids is 1. The number of halogens is 1. The number of nitro groups is 1. The van der Waals surface area contributed by atoms with E-state index < -0.39 is 10.8 Å². The molecule has 132 valence electrons. The van der Waals surface area contributed by atoms with Crippen molar-refractivity contribution >= 4 is 33.2 Å². The summed E-state index contributed by atoms with van der Waals surface area (Å²) in [6.07, 6.45) is 0.750. The first-order valence-corrected chi connectivity index (χ1v) is 8.27. The maximum absolute atomic E-state index is 12.1. The van der Waals surface area contributed by atoms with E-state index in [9.17, 15) is 14.9 Å². The zero-order chi connectivity index (χ0) is 18.4. The molecule has 0 aromatic heterocycles. The van der Waals surface area contributed by atoms with Crippen LogP contribution in [0, 0.1) is 10.1 Å². The number of carbonyl (C=O) groups is 1. The van der Waals surface area contributed by atoms with Crippen molar-refractivity contribution in [1.82, 2.24) is 0 Å². The van der Waals surface area contributed by atoms with Gasteiger partial charge < -0.3 is 14.8 Å². The third-order valence-electron chi connectivity index (χ3n) is 3.44. The molecule has 2 rings (SSSR count). The highest BCUT2D eigenvalue weighted by atomic mass is 79.9. The maximum atomic E-state index is 12.1. The first-order chi connectivity index (χ1) is 11.9. The van der Waals surface area contributed by atoms with Crippen LogP contribution in [0.15, 0.2) is 40.9 Å².